The molecule has 0 unspecified atom stereocenters. The van der Waals surface area contributed by atoms with Gasteiger partial charge in [-0.25, -0.2) is 4.98 Å². The van der Waals surface area contributed by atoms with Crippen LogP contribution in [0.15, 0.2) is 24.5 Å². The van der Waals surface area contributed by atoms with Crippen LogP contribution in [0.2, 0.25) is 0 Å². The van der Waals surface area contributed by atoms with Gasteiger partial charge in [-0.1, -0.05) is 0 Å². The smallest absolute Gasteiger partial charge is 0.140 e. The molecule has 4 nitrogen and oxygen atoms in total. The number of nitrogens with zero attached hydrogens (tertiary/aromatic N) is 2. The Morgan fingerprint density at radius 1 is 1.44 bits per heavy atom. The molecule has 18 heavy (non-hydrogen) atoms. The van der Waals surface area contributed by atoms with Crippen molar-refractivity contribution in [1.29, 1.82) is 0 Å². The number of hydrogen-bond donors (Lipinski definition) is 1. The Balaban J connectivity index is 2.28. The molecule has 98 valence electrons. The van der Waals surface area contributed by atoms with Crippen molar-refractivity contribution in [2.75, 3.05) is 7.11 Å². The number of rotatable bonds is 5. The first kappa shape index (κ1) is 13.1. The molecule has 0 radical (unpaired) electrons. The monoisotopic (exact) mass is 248 g/mol. The molecule has 0 atom stereocenters. The van der Waals surface area contributed by atoms with E-state index in [2.05, 4.69) is 23.4 Å². The zero-order chi connectivity index (χ0) is 13.2. The van der Waals surface area contributed by atoms with Gasteiger partial charge in [-0.3, -0.25) is 0 Å². The number of aryl methyl sites for hydroxylation is 1. The Morgan fingerprint density at radius 3 is 2.89 bits per heavy atom. The molecule has 0 aliphatic heterocycles. The van der Waals surface area contributed by atoms with Gasteiger partial charge in [0, 0.05) is 37.0 Å². The van der Waals surface area contributed by atoms with Crippen molar-refractivity contribution < 1.29 is 9.84 Å². The number of pyridine rings is 1. The molecule has 0 aromatic carbocycles. The molecule has 0 fully saturated rings. The van der Waals surface area contributed by atoms with Gasteiger partial charge in [0.2, 0.25) is 0 Å². The Hall–Kier alpha value is -1.39. The predicted octanol–water partition coefficient (Wildman–Crippen LogP) is 2.34. The zero-order valence-electron chi connectivity index (χ0n) is 11.2. The van der Waals surface area contributed by atoms with E-state index in [1.165, 1.54) is 0 Å². The van der Waals surface area contributed by atoms with E-state index in [1.807, 2.05) is 18.3 Å². The number of ether oxygens (including phenoxy) is 1. The molecule has 4 heteroatoms. The molecule has 2 aromatic rings. The normalized spacial score (nSPS) is 12.2. The van der Waals surface area contributed by atoms with Gasteiger partial charge in [-0.2, -0.15) is 0 Å². The summed E-state index contributed by atoms with van der Waals surface area (Å²) in [6, 6.07) is 3.89. The van der Waals surface area contributed by atoms with Gasteiger partial charge in [0.05, 0.1) is 12.2 Å². The Labute approximate surface area is 107 Å². The van der Waals surface area contributed by atoms with Gasteiger partial charge < -0.3 is 14.4 Å². The van der Waals surface area contributed by atoms with Crippen LogP contribution in [0.1, 0.15) is 25.8 Å². The average molecular weight is 248 g/mol. The van der Waals surface area contributed by atoms with Gasteiger partial charge in [0.25, 0.3) is 0 Å². The number of hydrogen-bond acceptors (Lipinski definition) is 3. The number of aliphatic hydroxyl groups excluding tert-OH is 1. The van der Waals surface area contributed by atoms with Crippen molar-refractivity contribution in [2.24, 2.45) is 0 Å². The summed E-state index contributed by atoms with van der Waals surface area (Å²) in [4.78, 5) is 4.39. The highest BCUT2D eigenvalue weighted by atomic mass is 16.5. The Bertz CT molecular complexity index is 532. The lowest BCUT2D eigenvalue weighted by Crippen LogP contribution is -2.24. The number of aromatic nitrogens is 2. The fourth-order valence-corrected chi connectivity index (χ4v) is 1.98. The number of aliphatic hydroxyl groups is 1. The second-order valence-electron chi connectivity index (χ2n) is 5.09. The van der Waals surface area contributed by atoms with E-state index in [-0.39, 0.29) is 12.2 Å². The lowest BCUT2D eigenvalue weighted by molar-refractivity contribution is 0.0123. The summed E-state index contributed by atoms with van der Waals surface area (Å²) in [5, 5.41) is 10.4. The molecule has 2 aromatic heterocycles. The minimum Gasteiger partial charge on any atom is -0.392 e. The first-order valence-electron chi connectivity index (χ1n) is 6.16. The fourth-order valence-electron chi connectivity index (χ4n) is 1.98. The van der Waals surface area contributed by atoms with Crippen LogP contribution in [0.25, 0.3) is 11.0 Å². The SMILES string of the molecule is COC(C)(C)CCn1cc(CO)c2cccnc21. The van der Waals surface area contributed by atoms with Crippen LogP contribution in [0, 0.1) is 0 Å². The van der Waals surface area contributed by atoms with Gasteiger partial charge in [0.1, 0.15) is 5.65 Å². The fraction of sp³-hybridized carbons (Fsp3) is 0.500. The van der Waals surface area contributed by atoms with Gasteiger partial charge in [-0.05, 0) is 32.4 Å². The highest BCUT2D eigenvalue weighted by Gasteiger charge is 2.17. The van der Waals surface area contributed by atoms with Gasteiger partial charge >= 0.3 is 0 Å². The van der Waals surface area contributed by atoms with E-state index in [0.29, 0.717) is 0 Å². The van der Waals surface area contributed by atoms with E-state index in [4.69, 9.17) is 4.74 Å². The third-order valence-electron chi connectivity index (χ3n) is 3.39. The summed E-state index contributed by atoms with van der Waals surface area (Å²) in [5.41, 5.74) is 1.70. The van der Waals surface area contributed by atoms with E-state index in [1.54, 1.807) is 13.3 Å². The maximum atomic E-state index is 9.36. The molecule has 0 bridgehead atoms. The lowest BCUT2D eigenvalue weighted by atomic mass is 10.1. The predicted molar refractivity (Wildman–Crippen MR) is 71.4 cm³/mol. The Morgan fingerprint density at radius 2 is 2.22 bits per heavy atom. The van der Waals surface area contributed by atoms with Crippen molar-refractivity contribution >= 4 is 11.0 Å². The highest BCUT2D eigenvalue weighted by Crippen LogP contribution is 2.21. The molecule has 2 heterocycles. The minimum absolute atomic E-state index is 0.0445. The van der Waals surface area contributed by atoms with E-state index in [0.717, 1.165) is 29.6 Å². The quantitative estimate of drug-likeness (QED) is 0.883. The minimum atomic E-state index is -0.148. The second kappa shape index (κ2) is 5.08. The standard InChI is InChI=1S/C14H20N2O2/c1-14(2,18-3)6-8-16-9-11(10-17)12-5-4-7-15-13(12)16/h4-5,7,9,17H,6,8,10H2,1-3H3. The summed E-state index contributed by atoms with van der Waals surface area (Å²) in [7, 11) is 1.73. The van der Waals surface area contributed by atoms with Crippen molar-refractivity contribution in [2.45, 2.75) is 39.0 Å². The lowest BCUT2D eigenvalue weighted by Gasteiger charge is -2.23. The van der Waals surface area contributed by atoms with Gasteiger partial charge in [0.15, 0.2) is 0 Å². The summed E-state index contributed by atoms with van der Waals surface area (Å²) >= 11 is 0. The van der Waals surface area contributed by atoms with Crippen molar-refractivity contribution in [1.82, 2.24) is 9.55 Å². The topological polar surface area (TPSA) is 47.3 Å². The van der Waals surface area contributed by atoms with Crippen LogP contribution < -0.4 is 0 Å². The summed E-state index contributed by atoms with van der Waals surface area (Å²) in [6.07, 6.45) is 4.65. The maximum absolute atomic E-state index is 9.36. The third-order valence-corrected chi connectivity index (χ3v) is 3.39. The molecular formula is C14H20N2O2. The average Bonchev–Trinajstić information content (AvgIpc) is 2.75. The van der Waals surface area contributed by atoms with Crippen LogP contribution in [-0.2, 0) is 17.9 Å². The first-order chi connectivity index (χ1) is 8.57. The molecule has 0 saturated heterocycles. The van der Waals surface area contributed by atoms with Crippen LogP contribution >= 0.6 is 0 Å². The molecule has 0 aliphatic rings. The summed E-state index contributed by atoms with van der Waals surface area (Å²) < 4.78 is 7.51. The summed E-state index contributed by atoms with van der Waals surface area (Å²) in [5.74, 6) is 0. The number of methoxy groups -OCH3 is 1. The van der Waals surface area contributed by atoms with Crippen molar-refractivity contribution in [3.8, 4) is 0 Å². The molecule has 2 rings (SSSR count). The number of fused-ring (bicyclic) bond motifs is 1. The van der Waals surface area contributed by atoms with Crippen molar-refractivity contribution in [3.05, 3.63) is 30.1 Å². The van der Waals surface area contributed by atoms with E-state index < -0.39 is 0 Å². The molecule has 0 spiro atoms. The second-order valence-corrected chi connectivity index (χ2v) is 5.09. The molecular weight excluding hydrogens is 228 g/mol. The van der Waals surface area contributed by atoms with E-state index in [9.17, 15) is 5.11 Å². The van der Waals surface area contributed by atoms with Crippen LogP contribution in [0.5, 0.6) is 0 Å². The molecule has 1 N–H and O–H groups in total. The molecule has 0 aliphatic carbocycles. The first-order valence-corrected chi connectivity index (χ1v) is 6.16. The van der Waals surface area contributed by atoms with E-state index >= 15 is 0 Å². The highest BCUT2D eigenvalue weighted by molar-refractivity contribution is 5.80. The zero-order valence-corrected chi connectivity index (χ0v) is 11.2. The third kappa shape index (κ3) is 2.54. The largest absolute Gasteiger partial charge is 0.392 e. The van der Waals surface area contributed by atoms with Crippen LogP contribution in [0.4, 0.5) is 0 Å². The molecule has 0 saturated carbocycles. The Kier molecular flexibility index (Phi) is 3.68. The van der Waals surface area contributed by atoms with Gasteiger partial charge in [-0.15, -0.1) is 0 Å². The molecule has 0 amide bonds. The van der Waals surface area contributed by atoms with Crippen LogP contribution in [0.3, 0.4) is 0 Å². The maximum Gasteiger partial charge on any atom is 0.140 e. The van der Waals surface area contributed by atoms with Crippen LogP contribution in [-0.4, -0.2) is 27.4 Å². The summed E-state index contributed by atoms with van der Waals surface area (Å²) in [6.45, 7) is 5.01. The van der Waals surface area contributed by atoms with Crippen molar-refractivity contribution in [3.63, 3.8) is 0 Å².